The Hall–Kier alpha value is -0.590. The molecule has 0 aromatic rings. The van der Waals surface area contributed by atoms with Crippen LogP contribution in [0.15, 0.2) is 12.2 Å². The van der Waals surface area contributed by atoms with Crippen molar-refractivity contribution >= 4 is 6.29 Å². The molecule has 0 aliphatic carbocycles. The minimum Gasteiger partial charge on any atom is -0.286 e. The van der Waals surface area contributed by atoms with Gasteiger partial charge in [0, 0.05) is 0 Å². The highest BCUT2D eigenvalue weighted by molar-refractivity contribution is 5.65. The Morgan fingerprint density at radius 1 is 0.684 bits per heavy atom. The van der Waals surface area contributed by atoms with Gasteiger partial charge in [-0.2, -0.15) is 0 Å². The molecule has 0 aliphatic rings. The van der Waals surface area contributed by atoms with Crippen LogP contribution in [0, 0.1) is 0 Å². The fourth-order valence-corrected chi connectivity index (χ4v) is 2.41. The maximum atomic E-state index is 9.93. The Balaban J connectivity index is 2.95. The number of allylic oxidation sites excluding steroid dienone is 2. The molecule has 0 spiro atoms. The highest BCUT2D eigenvalue weighted by atomic mass is 16.1. The van der Waals surface area contributed by atoms with Crippen molar-refractivity contribution in [1.82, 2.24) is 0 Å². The van der Waals surface area contributed by atoms with Crippen molar-refractivity contribution in [2.45, 2.75) is 96.8 Å². The van der Waals surface area contributed by atoms with E-state index >= 15 is 0 Å². The van der Waals surface area contributed by atoms with Crippen molar-refractivity contribution in [2.75, 3.05) is 0 Å². The zero-order chi connectivity index (χ0) is 14.0. The van der Waals surface area contributed by atoms with Gasteiger partial charge in [-0.15, -0.1) is 0 Å². The molecule has 0 unspecified atom stereocenters. The maximum absolute atomic E-state index is 9.93. The lowest BCUT2D eigenvalue weighted by Gasteiger charge is -2.02. The van der Waals surface area contributed by atoms with Crippen LogP contribution in [-0.2, 0) is 4.79 Å². The van der Waals surface area contributed by atoms with Crippen LogP contribution in [0.2, 0.25) is 0 Å². The summed E-state index contributed by atoms with van der Waals surface area (Å²) < 4.78 is 0. The molecule has 0 rings (SSSR count). The monoisotopic (exact) mass is 265 g/mol. The summed E-state index contributed by atoms with van der Waals surface area (Å²) in [5.74, 6) is 0. The van der Waals surface area contributed by atoms with Gasteiger partial charge in [-0.1, -0.05) is 90.0 Å². The molecular weight excluding hydrogens is 232 g/mol. The van der Waals surface area contributed by atoms with Crippen molar-refractivity contribution in [3.05, 3.63) is 12.2 Å². The lowest BCUT2D eigenvalue weighted by molar-refractivity contribution is 0.540. The average molecular weight is 265 g/mol. The minimum atomic E-state index is 1.03. The van der Waals surface area contributed by atoms with E-state index in [1.54, 1.807) is 6.29 Å². The summed E-state index contributed by atoms with van der Waals surface area (Å²) in [6, 6.07) is 0. The van der Waals surface area contributed by atoms with Crippen molar-refractivity contribution in [3.63, 3.8) is 0 Å². The van der Waals surface area contributed by atoms with Crippen LogP contribution < -0.4 is 0 Å². The summed E-state index contributed by atoms with van der Waals surface area (Å²) in [5.41, 5.74) is 0. The Morgan fingerprint density at radius 2 is 1.11 bits per heavy atom. The van der Waals surface area contributed by atoms with Gasteiger partial charge in [0.2, 0.25) is 6.29 Å². The largest absolute Gasteiger partial charge is 0.286 e. The summed E-state index contributed by atoms with van der Waals surface area (Å²) in [7, 11) is 0. The van der Waals surface area contributed by atoms with E-state index in [0.29, 0.717) is 0 Å². The molecule has 1 nitrogen and oxygen atoms in total. The second-order valence-corrected chi connectivity index (χ2v) is 5.55. The van der Waals surface area contributed by atoms with E-state index in [-0.39, 0.29) is 0 Å². The number of rotatable bonds is 15. The predicted octanol–water partition coefficient (Wildman–Crippen LogP) is 6.13. The molecule has 0 N–H and O–H groups in total. The van der Waals surface area contributed by atoms with Crippen LogP contribution in [-0.4, -0.2) is 6.29 Å². The molecule has 111 valence electrons. The molecule has 0 bridgehead atoms. The lowest BCUT2D eigenvalue weighted by atomic mass is 10.0. The van der Waals surface area contributed by atoms with Gasteiger partial charge in [-0.3, -0.25) is 4.79 Å². The first-order chi connectivity index (χ1) is 9.41. The maximum Gasteiger partial charge on any atom is 0.225 e. The minimum absolute atomic E-state index is 1.03. The van der Waals surface area contributed by atoms with Gasteiger partial charge in [0.15, 0.2) is 0 Å². The van der Waals surface area contributed by atoms with Gasteiger partial charge in [-0.25, -0.2) is 0 Å². The van der Waals surface area contributed by atoms with E-state index in [1.165, 1.54) is 89.5 Å². The molecule has 0 heterocycles. The zero-order valence-corrected chi connectivity index (χ0v) is 13.0. The van der Waals surface area contributed by atoms with Crippen molar-refractivity contribution < 1.29 is 4.79 Å². The summed E-state index contributed by atoms with van der Waals surface area (Å²) in [6.45, 7) is 2.27. The first-order valence-electron chi connectivity index (χ1n) is 8.44. The molecule has 0 aromatic carbocycles. The smallest absolute Gasteiger partial charge is 0.225 e. The molecule has 1 heteroatoms. The number of hydrogen-bond donors (Lipinski definition) is 0. The van der Waals surface area contributed by atoms with E-state index < -0.39 is 0 Å². The average Bonchev–Trinajstić information content (AvgIpc) is 2.43. The quantitative estimate of drug-likeness (QED) is 0.257. The third-order valence-electron chi connectivity index (χ3n) is 3.66. The first-order valence-corrected chi connectivity index (χ1v) is 8.44. The van der Waals surface area contributed by atoms with Gasteiger partial charge >= 0.3 is 0 Å². The van der Waals surface area contributed by atoms with Gasteiger partial charge in [0.1, 0.15) is 0 Å². The van der Waals surface area contributed by atoms with Crippen LogP contribution in [0.5, 0.6) is 0 Å². The van der Waals surface area contributed by atoms with E-state index in [0.717, 1.165) is 6.42 Å². The molecule has 1 radical (unpaired) electrons. The highest BCUT2D eigenvalue weighted by Gasteiger charge is 1.93. The highest BCUT2D eigenvalue weighted by Crippen LogP contribution is 2.12. The summed E-state index contributed by atoms with van der Waals surface area (Å²) >= 11 is 0. The standard InChI is InChI=1S/C18H33O/c1-2-3-4-5-6-7-8-9-10-11-12-13-14-15-16-17-18-19/h16-17H,2-15H2,1H3/b17-16-. The zero-order valence-electron chi connectivity index (χ0n) is 13.0. The third-order valence-corrected chi connectivity index (χ3v) is 3.66. The predicted molar refractivity (Wildman–Crippen MR) is 85.1 cm³/mol. The number of unbranched alkanes of at least 4 members (excludes halogenated alkanes) is 13. The molecule has 0 fully saturated rings. The SMILES string of the molecule is CCCCCCCCCCCCCCC/C=C\[C]=O. The van der Waals surface area contributed by atoms with Crippen molar-refractivity contribution in [3.8, 4) is 0 Å². The number of hydrogen-bond acceptors (Lipinski definition) is 1. The lowest BCUT2D eigenvalue weighted by Crippen LogP contribution is -1.82. The molecular formula is C18H33O. The molecule has 0 atom stereocenters. The van der Waals surface area contributed by atoms with Crippen LogP contribution in [0.4, 0.5) is 0 Å². The van der Waals surface area contributed by atoms with Gasteiger partial charge in [0.25, 0.3) is 0 Å². The van der Waals surface area contributed by atoms with E-state index in [1.807, 2.05) is 6.08 Å². The first kappa shape index (κ1) is 18.4. The third kappa shape index (κ3) is 17.4. The molecule has 0 saturated carbocycles. The van der Waals surface area contributed by atoms with Crippen LogP contribution in [0.1, 0.15) is 96.8 Å². The fourth-order valence-electron chi connectivity index (χ4n) is 2.41. The Morgan fingerprint density at radius 3 is 1.53 bits per heavy atom. The molecule has 19 heavy (non-hydrogen) atoms. The number of carbonyl (C=O) groups excluding carboxylic acids is 1. The van der Waals surface area contributed by atoms with E-state index in [9.17, 15) is 4.79 Å². The van der Waals surface area contributed by atoms with Gasteiger partial charge in [-0.05, 0) is 18.9 Å². The van der Waals surface area contributed by atoms with Crippen LogP contribution in [0.3, 0.4) is 0 Å². The fraction of sp³-hybridized carbons (Fsp3) is 0.833. The molecule has 0 aliphatic heterocycles. The second kappa shape index (κ2) is 17.4. The molecule has 0 aromatic heterocycles. The second-order valence-electron chi connectivity index (χ2n) is 5.55. The van der Waals surface area contributed by atoms with Gasteiger partial charge < -0.3 is 0 Å². The van der Waals surface area contributed by atoms with Gasteiger partial charge in [0.05, 0.1) is 0 Å². The Bertz CT molecular complexity index is 196. The topological polar surface area (TPSA) is 17.1 Å². The molecule has 0 saturated heterocycles. The van der Waals surface area contributed by atoms with Crippen LogP contribution >= 0.6 is 0 Å². The van der Waals surface area contributed by atoms with Crippen molar-refractivity contribution in [1.29, 1.82) is 0 Å². The van der Waals surface area contributed by atoms with E-state index in [2.05, 4.69) is 6.92 Å². The summed E-state index contributed by atoms with van der Waals surface area (Å²) in [4.78, 5) is 9.93. The Kier molecular flexibility index (Phi) is 16.9. The van der Waals surface area contributed by atoms with Crippen LogP contribution in [0.25, 0.3) is 0 Å². The molecule has 0 amide bonds. The normalized spacial score (nSPS) is 11.2. The Labute approximate surface area is 120 Å². The van der Waals surface area contributed by atoms with Crippen molar-refractivity contribution in [2.24, 2.45) is 0 Å². The van der Waals surface area contributed by atoms with E-state index in [4.69, 9.17) is 0 Å². The summed E-state index contributed by atoms with van der Waals surface area (Å²) in [5, 5.41) is 0. The summed E-state index contributed by atoms with van der Waals surface area (Å²) in [6.07, 6.45) is 24.3.